The summed E-state index contributed by atoms with van der Waals surface area (Å²) in [5.41, 5.74) is 2.89. The van der Waals surface area contributed by atoms with Crippen LogP contribution in [0.15, 0.2) is 48.9 Å². The van der Waals surface area contributed by atoms with Gasteiger partial charge in [-0.3, -0.25) is 14.4 Å². The number of pyridine rings is 1. The van der Waals surface area contributed by atoms with Crippen LogP contribution in [-0.4, -0.2) is 75.7 Å². The molecule has 3 aromatic rings. The number of hydrogen-bond acceptors (Lipinski definition) is 7. The number of ether oxygens (including phenoxy) is 2. The molecule has 1 N–H and O–H groups in total. The highest BCUT2D eigenvalue weighted by molar-refractivity contribution is 5.95. The number of benzene rings is 1. The minimum absolute atomic E-state index is 0.0445. The van der Waals surface area contributed by atoms with E-state index in [0.717, 1.165) is 55.2 Å². The van der Waals surface area contributed by atoms with Gasteiger partial charge in [0.15, 0.2) is 11.6 Å². The zero-order valence-corrected chi connectivity index (χ0v) is 28.8. The lowest BCUT2D eigenvalue weighted by Crippen LogP contribution is -2.54. The van der Waals surface area contributed by atoms with E-state index in [0.29, 0.717) is 51.1 Å². The molecular formula is C38H48FN5O5. The SMILES string of the molecule is COc1ccc(C23CCC(CN(C(=O)C4CCC(OC(=O)N5CC(O)C5)CC4)c4cc(-c5cnn(C(C)C)c5)ccn4)(CC2)CC3)cc1F. The predicted octanol–water partition coefficient (Wildman–Crippen LogP) is 6.67. The molecule has 1 saturated heterocycles. The molecule has 5 aliphatic rings. The van der Waals surface area contributed by atoms with E-state index in [1.807, 2.05) is 40.2 Å². The monoisotopic (exact) mass is 673 g/mol. The van der Waals surface area contributed by atoms with Crippen molar-refractivity contribution < 1.29 is 28.6 Å². The van der Waals surface area contributed by atoms with Crippen molar-refractivity contribution in [2.24, 2.45) is 11.3 Å². The Labute approximate surface area is 287 Å². The number of carbonyl (C=O) groups excluding carboxylic acids is 2. The van der Waals surface area contributed by atoms with Crippen LogP contribution in [0.2, 0.25) is 0 Å². The van der Waals surface area contributed by atoms with Gasteiger partial charge in [0, 0.05) is 36.5 Å². The van der Waals surface area contributed by atoms with Gasteiger partial charge in [0.25, 0.3) is 0 Å². The number of nitrogens with zero attached hydrogens (tertiary/aromatic N) is 5. The van der Waals surface area contributed by atoms with Crippen LogP contribution < -0.4 is 9.64 Å². The highest BCUT2D eigenvalue weighted by Gasteiger charge is 2.51. The predicted molar refractivity (Wildman–Crippen MR) is 183 cm³/mol. The van der Waals surface area contributed by atoms with Gasteiger partial charge in [0.2, 0.25) is 5.91 Å². The summed E-state index contributed by atoms with van der Waals surface area (Å²) in [5, 5.41) is 14.1. The van der Waals surface area contributed by atoms with Crippen LogP contribution in [0.3, 0.4) is 0 Å². The second kappa shape index (κ2) is 13.4. The lowest BCUT2D eigenvalue weighted by molar-refractivity contribution is -0.124. The van der Waals surface area contributed by atoms with Gasteiger partial charge in [-0.25, -0.2) is 14.2 Å². The molecule has 4 aliphatic carbocycles. The van der Waals surface area contributed by atoms with E-state index in [1.54, 1.807) is 18.3 Å². The molecule has 0 spiro atoms. The molecule has 262 valence electrons. The Balaban J connectivity index is 1.10. The van der Waals surface area contributed by atoms with Crippen LogP contribution in [0.25, 0.3) is 11.1 Å². The maximum atomic E-state index is 14.8. The molecule has 5 fully saturated rings. The van der Waals surface area contributed by atoms with Crippen molar-refractivity contribution in [1.82, 2.24) is 19.7 Å². The standard InChI is InChI=1S/C38H48FN5O5/c1-25(2)44-21-28(20-41-44)27-10-17-40-34(18-27)43(35(46)26-4-7-31(8-5-26)49-36(47)42-22-30(45)23-42)24-37-11-14-38(15-12-37,16-13-37)29-6-9-33(48-3)32(39)19-29/h6,9-10,17-21,25-26,30-31,45H,4-5,7-8,11-16,22-24H2,1-3H3. The van der Waals surface area contributed by atoms with Crippen molar-refractivity contribution in [2.45, 2.75) is 102 Å². The Morgan fingerprint density at radius 1 is 1.02 bits per heavy atom. The smallest absolute Gasteiger partial charge is 0.410 e. The minimum atomic E-state index is -0.472. The van der Waals surface area contributed by atoms with Gasteiger partial charge in [-0.2, -0.15) is 5.10 Å². The van der Waals surface area contributed by atoms with E-state index in [2.05, 4.69) is 18.9 Å². The third-order valence-corrected chi connectivity index (χ3v) is 11.8. The third-order valence-electron chi connectivity index (χ3n) is 11.8. The van der Waals surface area contributed by atoms with Crippen molar-refractivity contribution in [3.05, 3.63) is 60.3 Å². The van der Waals surface area contributed by atoms with Crippen LogP contribution in [0.4, 0.5) is 15.0 Å². The van der Waals surface area contributed by atoms with Gasteiger partial charge >= 0.3 is 6.09 Å². The summed E-state index contributed by atoms with van der Waals surface area (Å²) in [4.78, 5) is 35.3. The number of fused-ring (bicyclic) bond motifs is 3. The highest BCUT2D eigenvalue weighted by Crippen LogP contribution is 2.58. The largest absolute Gasteiger partial charge is 0.494 e. The van der Waals surface area contributed by atoms with Gasteiger partial charge in [-0.05, 0) is 124 Å². The fraction of sp³-hybridized carbons (Fsp3) is 0.579. The molecular weight excluding hydrogens is 625 g/mol. The minimum Gasteiger partial charge on any atom is -0.494 e. The lowest BCUT2D eigenvalue weighted by Gasteiger charge is -2.55. The van der Waals surface area contributed by atoms with E-state index >= 15 is 0 Å². The Morgan fingerprint density at radius 2 is 1.73 bits per heavy atom. The maximum Gasteiger partial charge on any atom is 0.410 e. The van der Waals surface area contributed by atoms with Gasteiger partial charge in [0.1, 0.15) is 11.9 Å². The van der Waals surface area contributed by atoms with Crippen LogP contribution >= 0.6 is 0 Å². The number of amides is 2. The average Bonchev–Trinajstić information content (AvgIpc) is 3.61. The molecule has 3 heterocycles. The number of aromatic nitrogens is 3. The number of methoxy groups -OCH3 is 1. The van der Waals surface area contributed by atoms with Crippen LogP contribution in [-0.2, 0) is 14.9 Å². The van der Waals surface area contributed by atoms with Crippen LogP contribution in [0.1, 0.15) is 89.7 Å². The molecule has 11 heteroatoms. The fourth-order valence-electron chi connectivity index (χ4n) is 8.52. The summed E-state index contributed by atoms with van der Waals surface area (Å²) in [6.45, 7) is 5.39. The molecule has 0 radical (unpaired) electrons. The van der Waals surface area contributed by atoms with E-state index in [1.165, 1.54) is 12.0 Å². The number of aliphatic hydroxyl groups is 1. The number of aliphatic hydroxyl groups excluding tert-OH is 1. The first kappa shape index (κ1) is 33.5. The average molecular weight is 674 g/mol. The van der Waals surface area contributed by atoms with Crippen molar-refractivity contribution in [3.63, 3.8) is 0 Å². The highest BCUT2D eigenvalue weighted by atomic mass is 19.1. The zero-order chi connectivity index (χ0) is 34.3. The molecule has 1 aliphatic heterocycles. The fourth-order valence-corrected chi connectivity index (χ4v) is 8.52. The van der Waals surface area contributed by atoms with Gasteiger partial charge < -0.3 is 19.5 Å². The summed E-state index contributed by atoms with van der Waals surface area (Å²) in [6.07, 6.45) is 12.8. The topological polar surface area (TPSA) is 110 Å². The molecule has 0 atom stereocenters. The Bertz CT molecular complexity index is 1650. The first-order valence-corrected chi connectivity index (χ1v) is 17.9. The first-order chi connectivity index (χ1) is 23.6. The van der Waals surface area contributed by atoms with Gasteiger partial charge in [0.05, 0.1) is 32.5 Å². The van der Waals surface area contributed by atoms with Crippen LogP contribution in [0, 0.1) is 17.2 Å². The molecule has 0 unspecified atom stereocenters. The maximum absolute atomic E-state index is 14.8. The molecule has 2 amide bonds. The summed E-state index contributed by atoms with van der Waals surface area (Å²) in [6, 6.07) is 9.63. The number of rotatable bonds is 9. The Kier molecular flexibility index (Phi) is 9.15. The van der Waals surface area contributed by atoms with E-state index < -0.39 is 6.10 Å². The zero-order valence-electron chi connectivity index (χ0n) is 28.8. The molecule has 1 aromatic carbocycles. The molecule has 2 bridgehead atoms. The Hall–Kier alpha value is -3.99. The van der Waals surface area contributed by atoms with Crippen molar-refractivity contribution in [1.29, 1.82) is 0 Å². The number of halogens is 1. The number of anilines is 1. The number of carbonyl (C=O) groups is 2. The van der Waals surface area contributed by atoms with Crippen molar-refractivity contribution in [2.75, 3.05) is 31.6 Å². The molecule has 2 aromatic heterocycles. The summed E-state index contributed by atoms with van der Waals surface area (Å²) >= 11 is 0. The van der Waals surface area contributed by atoms with Crippen molar-refractivity contribution in [3.8, 4) is 16.9 Å². The number of likely N-dealkylation sites (tertiary alicyclic amines) is 1. The normalized spacial score (nSPS) is 26.8. The van der Waals surface area contributed by atoms with Gasteiger partial charge in [-0.15, -0.1) is 0 Å². The second-order valence-electron chi connectivity index (χ2n) is 15.2. The van der Waals surface area contributed by atoms with E-state index in [4.69, 9.17) is 14.5 Å². The molecule has 49 heavy (non-hydrogen) atoms. The van der Waals surface area contributed by atoms with Crippen LogP contribution in [0.5, 0.6) is 5.75 Å². The Morgan fingerprint density at radius 3 is 2.35 bits per heavy atom. The number of hydrogen-bond donors (Lipinski definition) is 1. The summed E-state index contributed by atoms with van der Waals surface area (Å²) in [7, 11) is 1.49. The van der Waals surface area contributed by atoms with Crippen molar-refractivity contribution >= 4 is 17.8 Å². The first-order valence-electron chi connectivity index (χ1n) is 17.9. The summed E-state index contributed by atoms with van der Waals surface area (Å²) in [5.74, 6) is 0.484. The molecule has 10 nitrogen and oxygen atoms in total. The van der Waals surface area contributed by atoms with Gasteiger partial charge in [-0.1, -0.05) is 6.07 Å². The van der Waals surface area contributed by atoms with E-state index in [-0.39, 0.29) is 52.5 Å². The third kappa shape index (κ3) is 6.66. The van der Waals surface area contributed by atoms with E-state index in [9.17, 15) is 19.1 Å². The quantitative estimate of drug-likeness (QED) is 0.270. The molecule has 4 saturated carbocycles. The lowest BCUT2D eigenvalue weighted by atomic mass is 9.51. The second-order valence-corrected chi connectivity index (χ2v) is 15.2. The number of β-amino-alcohol motifs (C(OH)–C–C–N with tert-alkyl or cyclic N) is 1. The summed E-state index contributed by atoms with van der Waals surface area (Å²) < 4.78 is 27.6. The molecule has 8 rings (SSSR count).